The number of carbonyl (C=O) groups is 1. The predicted molar refractivity (Wildman–Crippen MR) is 99.4 cm³/mol. The smallest absolute Gasteiger partial charge is 0.272 e. The van der Waals surface area contributed by atoms with Gasteiger partial charge in [-0.3, -0.25) is 4.79 Å². The van der Waals surface area contributed by atoms with Crippen molar-refractivity contribution in [2.24, 2.45) is 7.05 Å². The Labute approximate surface area is 150 Å². The normalized spacial score (nSPS) is 18.0. The minimum Gasteiger partial charge on any atom is -0.330 e. The molecule has 1 aliphatic rings. The highest BCUT2D eigenvalue weighted by atomic mass is 16.2. The highest BCUT2D eigenvalue weighted by Crippen LogP contribution is 2.32. The fraction of sp³-hybridized carbons (Fsp3) is 0.500. The lowest BCUT2D eigenvalue weighted by atomic mass is 9.94. The number of nitrogens with zero attached hydrogens (tertiary/aromatic N) is 4. The van der Waals surface area contributed by atoms with Crippen molar-refractivity contribution >= 4 is 5.91 Å². The zero-order valence-electron chi connectivity index (χ0n) is 15.7. The van der Waals surface area contributed by atoms with Gasteiger partial charge in [0.25, 0.3) is 5.91 Å². The number of hydrogen-bond acceptors (Lipinski definition) is 3. The summed E-state index contributed by atoms with van der Waals surface area (Å²) in [5.74, 6) is 0.0968. The first-order valence-corrected chi connectivity index (χ1v) is 9.00. The molecule has 1 aromatic carbocycles. The van der Waals surface area contributed by atoms with Gasteiger partial charge in [-0.25, -0.2) is 4.98 Å². The molecule has 5 heteroatoms. The molecule has 1 amide bonds. The summed E-state index contributed by atoms with van der Waals surface area (Å²) in [7, 11) is 6.04. The molecular weight excluding hydrogens is 312 g/mol. The van der Waals surface area contributed by atoms with E-state index in [1.165, 1.54) is 11.1 Å². The number of imidazole rings is 1. The van der Waals surface area contributed by atoms with Gasteiger partial charge in [0.2, 0.25) is 0 Å². The van der Waals surface area contributed by atoms with Crippen molar-refractivity contribution in [3.63, 3.8) is 0 Å². The summed E-state index contributed by atoms with van der Waals surface area (Å²) in [6.45, 7) is 3.65. The fourth-order valence-corrected chi connectivity index (χ4v) is 3.72. The first-order valence-electron chi connectivity index (χ1n) is 9.00. The fourth-order valence-electron chi connectivity index (χ4n) is 3.72. The standard InChI is InChI=1S/C20H28N4O/c1-15-19(23(4)14-21-15)20(25)24-12-6-5-7-18(24)17-10-8-16(9-11-17)13-22(2)3/h8-11,14,18H,5-7,12-13H2,1-4H3. The molecule has 2 aromatic rings. The monoisotopic (exact) mass is 340 g/mol. The van der Waals surface area contributed by atoms with E-state index in [-0.39, 0.29) is 11.9 Å². The molecule has 134 valence electrons. The Kier molecular flexibility index (Phi) is 5.23. The molecule has 0 bridgehead atoms. The van der Waals surface area contributed by atoms with E-state index in [1.807, 2.05) is 23.4 Å². The summed E-state index contributed by atoms with van der Waals surface area (Å²) in [5.41, 5.74) is 4.04. The molecule has 25 heavy (non-hydrogen) atoms. The maximum Gasteiger partial charge on any atom is 0.272 e. The minimum absolute atomic E-state index is 0.0968. The molecule has 3 rings (SSSR count). The van der Waals surface area contributed by atoms with Crippen LogP contribution in [-0.4, -0.2) is 45.9 Å². The topological polar surface area (TPSA) is 41.4 Å². The van der Waals surface area contributed by atoms with Crippen molar-refractivity contribution in [1.29, 1.82) is 0 Å². The van der Waals surface area contributed by atoms with Gasteiger partial charge in [0.1, 0.15) is 5.69 Å². The van der Waals surface area contributed by atoms with Crippen LogP contribution in [0.2, 0.25) is 0 Å². The first-order chi connectivity index (χ1) is 12.0. The molecule has 0 saturated carbocycles. The molecule has 1 atom stereocenters. The van der Waals surface area contributed by atoms with E-state index >= 15 is 0 Å². The van der Waals surface area contributed by atoms with Crippen LogP contribution in [0.15, 0.2) is 30.6 Å². The quantitative estimate of drug-likeness (QED) is 0.858. The number of amides is 1. The molecular formula is C20H28N4O. The summed E-state index contributed by atoms with van der Waals surface area (Å²) in [5, 5.41) is 0. The number of hydrogen-bond donors (Lipinski definition) is 0. The SMILES string of the molecule is Cc1ncn(C)c1C(=O)N1CCCCC1c1ccc(CN(C)C)cc1. The summed E-state index contributed by atoms with van der Waals surface area (Å²) >= 11 is 0. The van der Waals surface area contributed by atoms with Gasteiger partial charge in [0.15, 0.2) is 0 Å². The van der Waals surface area contributed by atoms with Gasteiger partial charge in [-0.1, -0.05) is 24.3 Å². The summed E-state index contributed by atoms with van der Waals surface area (Å²) in [6.07, 6.45) is 4.98. The molecule has 0 aliphatic carbocycles. The third-order valence-electron chi connectivity index (χ3n) is 4.95. The number of benzene rings is 1. The number of rotatable bonds is 4. The number of piperidine rings is 1. The van der Waals surface area contributed by atoms with E-state index in [0.29, 0.717) is 5.69 Å². The zero-order chi connectivity index (χ0) is 18.0. The highest BCUT2D eigenvalue weighted by Gasteiger charge is 2.30. The van der Waals surface area contributed by atoms with Crippen LogP contribution in [0.5, 0.6) is 0 Å². The van der Waals surface area contributed by atoms with Crippen molar-refractivity contribution in [1.82, 2.24) is 19.4 Å². The second kappa shape index (κ2) is 7.40. The van der Waals surface area contributed by atoms with E-state index in [4.69, 9.17) is 0 Å². The van der Waals surface area contributed by atoms with Crippen LogP contribution in [0.25, 0.3) is 0 Å². The average Bonchev–Trinajstić information content (AvgIpc) is 2.93. The highest BCUT2D eigenvalue weighted by molar-refractivity contribution is 5.94. The number of aromatic nitrogens is 2. The van der Waals surface area contributed by atoms with Crippen LogP contribution in [0.4, 0.5) is 0 Å². The van der Waals surface area contributed by atoms with Crippen LogP contribution in [0.3, 0.4) is 0 Å². The second-order valence-corrected chi connectivity index (χ2v) is 7.28. The number of likely N-dealkylation sites (tertiary alicyclic amines) is 1. The second-order valence-electron chi connectivity index (χ2n) is 7.28. The third-order valence-corrected chi connectivity index (χ3v) is 4.95. The summed E-state index contributed by atoms with van der Waals surface area (Å²) in [4.78, 5) is 21.6. The van der Waals surface area contributed by atoms with Gasteiger partial charge in [-0.15, -0.1) is 0 Å². The Balaban J connectivity index is 1.85. The van der Waals surface area contributed by atoms with Gasteiger partial charge in [-0.05, 0) is 51.4 Å². The Morgan fingerprint density at radius 2 is 1.96 bits per heavy atom. The molecule has 1 aromatic heterocycles. The molecule has 1 aliphatic heterocycles. The van der Waals surface area contributed by atoms with Crippen molar-refractivity contribution in [2.75, 3.05) is 20.6 Å². The maximum absolute atomic E-state index is 13.2. The van der Waals surface area contributed by atoms with E-state index in [0.717, 1.165) is 38.0 Å². The first kappa shape index (κ1) is 17.7. The number of aryl methyl sites for hydroxylation is 2. The van der Waals surface area contributed by atoms with Crippen molar-refractivity contribution in [3.8, 4) is 0 Å². The molecule has 1 unspecified atom stereocenters. The Hall–Kier alpha value is -2.14. The van der Waals surface area contributed by atoms with E-state index < -0.39 is 0 Å². The lowest BCUT2D eigenvalue weighted by Gasteiger charge is -2.36. The van der Waals surface area contributed by atoms with Crippen molar-refractivity contribution < 1.29 is 4.79 Å². The number of carbonyl (C=O) groups excluding carboxylic acids is 1. The van der Waals surface area contributed by atoms with Crippen molar-refractivity contribution in [2.45, 2.75) is 38.8 Å². The lowest BCUT2D eigenvalue weighted by molar-refractivity contribution is 0.0600. The minimum atomic E-state index is 0.0968. The van der Waals surface area contributed by atoms with Crippen LogP contribution in [0, 0.1) is 6.92 Å². The molecule has 0 radical (unpaired) electrons. The van der Waals surface area contributed by atoms with E-state index in [1.54, 1.807) is 6.33 Å². The summed E-state index contributed by atoms with van der Waals surface area (Å²) in [6, 6.07) is 8.89. The largest absolute Gasteiger partial charge is 0.330 e. The van der Waals surface area contributed by atoms with Crippen LogP contribution in [0.1, 0.15) is 52.6 Å². The molecule has 2 heterocycles. The van der Waals surface area contributed by atoms with Crippen LogP contribution >= 0.6 is 0 Å². The predicted octanol–water partition coefficient (Wildman–Crippen LogP) is 3.16. The molecule has 0 spiro atoms. The third kappa shape index (κ3) is 3.76. The zero-order valence-corrected chi connectivity index (χ0v) is 15.7. The maximum atomic E-state index is 13.2. The molecule has 0 N–H and O–H groups in total. The van der Waals surface area contributed by atoms with Gasteiger partial charge in [0, 0.05) is 20.1 Å². The van der Waals surface area contributed by atoms with Gasteiger partial charge in [-0.2, -0.15) is 0 Å². The lowest BCUT2D eigenvalue weighted by Crippen LogP contribution is -2.39. The van der Waals surface area contributed by atoms with Crippen LogP contribution in [-0.2, 0) is 13.6 Å². The van der Waals surface area contributed by atoms with Gasteiger partial charge >= 0.3 is 0 Å². The molecule has 1 saturated heterocycles. The van der Waals surface area contributed by atoms with Gasteiger partial charge in [0.05, 0.1) is 18.1 Å². The van der Waals surface area contributed by atoms with Crippen molar-refractivity contribution in [3.05, 3.63) is 53.1 Å². The van der Waals surface area contributed by atoms with Crippen LogP contribution < -0.4 is 0 Å². The Morgan fingerprint density at radius 3 is 2.56 bits per heavy atom. The molecule has 5 nitrogen and oxygen atoms in total. The Bertz CT molecular complexity index is 713. The Morgan fingerprint density at radius 1 is 1.24 bits per heavy atom. The summed E-state index contributed by atoms with van der Waals surface area (Å²) < 4.78 is 1.84. The molecule has 1 fully saturated rings. The van der Waals surface area contributed by atoms with Gasteiger partial charge < -0.3 is 14.4 Å². The van der Waals surface area contributed by atoms with E-state index in [2.05, 4.69) is 48.2 Å². The van der Waals surface area contributed by atoms with E-state index in [9.17, 15) is 4.79 Å². The average molecular weight is 340 g/mol.